The van der Waals surface area contributed by atoms with E-state index in [-0.39, 0.29) is 5.75 Å². The van der Waals surface area contributed by atoms with Gasteiger partial charge in [0.25, 0.3) is 0 Å². The first-order valence-electron chi connectivity index (χ1n) is 2.77. The predicted octanol–water partition coefficient (Wildman–Crippen LogP) is 1.64. The number of hydrogen-bond acceptors (Lipinski definition) is 2. The summed E-state index contributed by atoms with van der Waals surface area (Å²) in [5, 5.41) is 8.28. The number of carboxylic acids is 1. The summed E-state index contributed by atoms with van der Waals surface area (Å²) in [6.45, 7) is 6.42. The molecule has 0 atom stereocenters. The van der Waals surface area contributed by atoms with Gasteiger partial charge in [-0.25, -0.2) is 0 Å². The van der Waals surface area contributed by atoms with Gasteiger partial charge < -0.3 is 5.11 Å². The highest BCUT2D eigenvalue weighted by molar-refractivity contribution is 8.29. The van der Waals surface area contributed by atoms with Gasteiger partial charge in [0.2, 0.25) is 0 Å². The molecule has 0 radical (unpaired) electrons. The van der Waals surface area contributed by atoms with E-state index in [0.717, 1.165) is 0 Å². The average molecular weight is 164 g/mol. The summed E-state index contributed by atoms with van der Waals surface area (Å²) in [7, 11) is -1.18. The fraction of sp³-hybridized carbons (Fsp3) is 0.800. The summed E-state index contributed by atoms with van der Waals surface area (Å²) >= 11 is 1.58. The van der Waals surface area contributed by atoms with Crippen LogP contribution >= 0.6 is 11.2 Å². The third kappa shape index (κ3) is 8.04. The summed E-state index contributed by atoms with van der Waals surface area (Å²) in [5.41, 5.74) is 0. The quantitative estimate of drug-likeness (QED) is 0.644. The fourth-order valence-electron chi connectivity index (χ4n) is 0.278. The molecule has 0 aromatic carbocycles. The van der Waals surface area contributed by atoms with E-state index in [2.05, 4.69) is 19.6 Å². The van der Waals surface area contributed by atoms with Crippen LogP contribution in [0.25, 0.3) is 0 Å². The highest BCUT2D eigenvalue weighted by Crippen LogP contribution is 2.18. The molecule has 54 valence electrons. The first-order chi connectivity index (χ1) is 3.92. The Hall–Kier alpha value is 0.0369. The zero-order valence-electron chi connectivity index (χ0n) is 5.97. The van der Waals surface area contributed by atoms with Gasteiger partial charge in [-0.1, -0.05) is 19.6 Å². The molecule has 0 amide bonds. The number of hydrogen-bond donors (Lipinski definition) is 1. The van der Waals surface area contributed by atoms with Crippen molar-refractivity contribution in [2.24, 2.45) is 0 Å². The Morgan fingerprint density at radius 2 is 2.00 bits per heavy atom. The summed E-state index contributed by atoms with van der Waals surface area (Å²) in [4.78, 5) is 10.0. The van der Waals surface area contributed by atoms with Crippen LogP contribution in [0.5, 0.6) is 0 Å². The monoisotopic (exact) mass is 164 g/mol. The van der Waals surface area contributed by atoms with Crippen molar-refractivity contribution in [3.63, 3.8) is 0 Å². The molecule has 0 saturated carbocycles. The fourth-order valence-corrected chi connectivity index (χ4v) is 2.50. The van der Waals surface area contributed by atoms with Gasteiger partial charge in [0.1, 0.15) is 7.22 Å². The topological polar surface area (TPSA) is 37.3 Å². The van der Waals surface area contributed by atoms with Gasteiger partial charge in [0.05, 0.1) is 5.75 Å². The Kier molecular flexibility index (Phi) is 3.28. The number of carbonyl (C=O) groups is 1. The minimum Gasteiger partial charge on any atom is -0.481 e. The van der Waals surface area contributed by atoms with Crippen LogP contribution in [-0.2, 0) is 4.79 Å². The Labute approximate surface area is 60.3 Å². The van der Waals surface area contributed by atoms with Gasteiger partial charge in [0.15, 0.2) is 0 Å². The Balaban J connectivity index is 3.39. The van der Waals surface area contributed by atoms with Crippen LogP contribution in [-0.4, -0.2) is 24.1 Å². The van der Waals surface area contributed by atoms with Crippen molar-refractivity contribution in [3.05, 3.63) is 0 Å². The molecule has 0 saturated heterocycles. The first kappa shape index (κ1) is 9.04. The van der Waals surface area contributed by atoms with E-state index in [0.29, 0.717) is 0 Å². The predicted molar refractivity (Wildman–Crippen MR) is 43.4 cm³/mol. The third-order valence-corrected chi connectivity index (χ3v) is 4.92. The lowest BCUT2D eigenvalue weighted by atomic mass is 10.8. The van der Waals surface area contributed by atoms with Gasteiger partial charge in [-0.15, -0.1) is 0 Å². The van der Waals surface area contributed by atoms with Crippen LogP contribution in [0.15, 0.2) is 0 Å². The van der Waals surface area contributed by atoms with Crippen molar-refractivity contribution >= 4 is 24.4 Å². The molecule has 0 spiro atoms. The summed E-state index contributed by atoms with van der Waals surface area (Å²) in [5.74, 6) is -0.446. The molecule has 0 aromatic heterocycles. The lowest BCUT2D eigenvalue weighted by Gasteiger charge is -2.12. The minimum atomic E-state index is -1.18. The molecule has 0 aliphatic rings. The molecule has 0 bridgehead atoms. The maximum atomic E-state index is 10.0. The average Bonchev–Trinajstić information content (AvgIpc) is 1.59. The van der Waals surface area contributed by atoms with E-state index in [1.807, 2.05) is 0 Å². The molecule has 4 heteroatoms. The SMILES string of the molecule is C[Si](C)(C)SCC(=O)O. The molecule has 2 nitrogen and oxygen atoms in total. The van der Waals surface area contributed by atoms with E-state index >= 15 is 0 Å². The van der Waals surface area contributed by atoms with Crippen LogP contribution in [0.4, 0.5) is 0 Å². The van der Waals surface area contributed by atoms with E-state index in [9.17, 15) is 4.79 Å². The second-order valence-corrected chi connectivity index (χ2v) is 12.1. The molecule has 9 heavy (non-hydrogen) atoms. The molecular weight excluding hydrogens is 152 g/mol. The zero-order chi connectivity index (χ0) is 7.49. The van der Waals surface area contributed by atoms with Crippen molar-refractivity contribution < 1.29 is 9.90 Å². The maximum absolute atomic E-state index is 10.0. The van der Waals surface area contributed by atoms with Crippen molar-refractivity contribution in [1.29, 1.82) is 0 Å². The van der Waals surface area contributed by atoms with Crippen LogP contribution in [0.3, 0.4) is 0 Å². The molecule has 0 aliphatic carbocycles. The molecule has 1 N–H and O–H groups in total. The van der Waals surface area contributed by atoms with Gasteiger partial charge in [-0.3, -0.25) is 4.79 Å². The lowest BCUT2D eigenvalue weighted by Crippen LogP contribution is -2.17. The summed E-state index contributed by atoms with van der Waals surface area (Å²) in [6.07, 6.45) is 0. The van der Waals surface area contributed by atoms with E-state index in [1.54, 1.807) is 11.2 Å². The maximum Gasteiger partial charge on any atom is 0.312 e. The molecule has 0 rings (SSSR count). The van der Waals surface area contributed by atoms with Crippen molar-refractivity contribution in [2.75, 3.05) is 5.75 Å². The standard InChI is InChI=1S/C5H12O2SSi/c1-9(2,3)8-4-5(6)7/h4H2,1-3H3,(H,6,7). The van der Waals surface area contributed by atoms with Gasteiger partial charge >= 0.3 is 5.97 Å². The molecular formula is C5H12O2SSi. The summed E-state index contributed by atoms with van der Waals surface area (Å²) in [6, 6.07) is 0. The number of aliphatic carboxylic acids is 1. The first-order valence-corrected chi connectivity index (χ1v) is 7.98. The molecule has 0 aliphatic heterocycles. The highest BCUT2D eigenvalue weighted by atomic mass is 32.4. The van der Waals surface area contributed by atoms with E-state index in [1.165, 1.54) is 0 Å². The highest BCUT2D eigenvalue weighted by Gasteiger charge is 2.14. The summed E-state index contributed by atoms with van der Waals surface area (Å²) < 4.78 is 0. The van der Waals surface area contributed by atoms with Crippen molar-refractivity contribution in [1.82, 2.24) is 0 Å². The number of rotatable bonds is 3. The molecule has 0 unspecified atom stereocenters. The van der Waals surface area contributed by atoms with Crippen molar-refractivity contribution in [2.45, 2.75) is 19.6 Å². The molecule has 0 aromatic rings. The van der Waals surface area contributed by atoms with Crippen LogP contribution in [0.2, 0.25) is 19.6 Å². The second-order valence-electron chi connectivity index (χ2n) is 2.79. The number of carboxylic acid groups (broad SMARTS) is 1. The van der Waals surface area contributed by atoms with Crippen LogP contribution in [0.1, 0.15) is 0 Å². The second kappa shape index (κ2) is 3.27. The lowest BCUT2D eigenvalue weighted by molar-refractivity contribution is -0.133. The van der Waals surface area contributed by atoms with Gasteiger partial charge in [-0.2, -0.15) is 11.2 Å². The third-order valence-electron chi connectivity index (χ3n) is 0.629. The minimum absolute atomic E-state index is 0.260. The van der Waals surface area contributed by atoms with Crippen LogP contribution in [0, 0.1) is 0 Å². The zero-order valence-corrected chi connectivity index (χ0v) is 7.79. The normalized spacial score (nSPS) is 11.4. The Morgan fingerprint density at radius 3 is 2.11 bits per heavy atom. The molecule has 0 heterocycles. The van der Waals surface area contributed by atoms with Crippen LogP contribution < -0.4 is 0 Å². The smallest absolute Gasteiger partial charge is 0.312 e. The van der Waals surface area contributed by atoms with Gasteiger partial charge in [0, 0.05) is 0 Å². The van der Waals surface area contributed by atoms with Gasteiger partial charge in [-0.05, 0) is 0 Å². The Bertz CT molecular complexity index is 108. The van der Waals surface area contributed by atoms with E-state index in [4.69, 9.17) is 5.11 Å². The molecule has 0 fully saturated rings. The van der Waals surface area contributed by atoms with Crippen molar-refractivity contribution in [3.8, 4) is 0 Å². The van der Waals surface area contributed by atoms with E-state index < -0.39 is 13.2 Å². The largest absolute Gasteiger partial charge is 0.481 e. The Morgan fingerprint density at radius 1 is 1.56 bits per heavy atom.